The summed E-state index contributed by atoms with van der Waals surface area (Å²) in [5, 5.41) is 0. The lowest BCUT2D eigenvalue weighted by molar-refractivity contribution is -0.142. The fraction of sp³-hybridized carbons (Fsp3) is 0.867. The molecular formula is C15H27NO3. The Bertz CT molecular complexity index is 296. The third-order valence-electron chi connectivity index (χ3n) is 4.18. The lowest BCUT2D eigenvalue weighted by Crippen LogP contribution is -2.39. The van der Waals surface area contributed by atoms with E-state index in [-0.39, 0.29) is 11.9 Å². The van der Waals surface area contributed by atoms with Gasteiger partial charge in [-0.25, -0.2) is 0 Å². The van der Waals surface area contributed by atoms with Crippen molar-refractivity contribution in [2.45, 2.75) is 64.3 Å². The molecule has 110 valence electrons. The second kappa shape index (κ2) is 8.18. The van der Waals surface area contributed by atoms with Crippen LogP contribution in [0.25, 0.3) is 0 Å². The van der Waals surface area contributed by atoms with E-state index in [0.717, 1.165) is 38.5 Å². The van der Waals surface area contributed by atoms with Crippen LogP contribution in [0, 0.1) is 5.92 Å². The number of nitrogens with zero attached hydrogens (tertiary/aromatic N) is 1. The predicted molar refractivity (Wildman–Crippen MR) is 74.7 cm³/mol. The van der Waals surface area contributed by atoms with Gasteiger partial charge in [0.2, 0.25) is 5.91 Å². The first-order chi connectivity index (χ1) is 9.08. The molecule has 0 aliphatic heterocycles. The summed E-state index contributed by atoms with van der Waals surface area (Å²) < 4.78 is 4.71. The highest BCUT2D eigenvalue weighted by Crippen LogP contribution is 2.29. The molecule has 0 atom stereocenters. The molecular weight excluding hydrogens is 242 g/mol. The van der Waals surface area contributed by atoms with E-state index in [1.165, 1.54) is 7.11 Å². The molecule has 0 saturated heterocycles. The van der Waals surface area contributed by atoms with E-state index in [2.05, 4.69) is 6.92 Å². The summed E-state index contributed by atoms with van der Waals surface area (Å²) in [5.74, 6) is 0.580. The summed E-state index contributed by atoms with van der Waals surface area (Å²) in [6, 6.07) is 0.359. The predicted octanol–water partition coefficient (Wildman–Crippen LogP) is 2.76. The Morgan fingerprint density at radius 2 is 1.84 bits per heavy atom. The van der Waals surface area contributed by atoms with Crippen molar-refractivity contribution in [3.8, 4) is 0 Å². The highest BCUT2D eigenvalue weighted by atomic mass is 16.5. The van der Waals surface area contributed by atoms with E-state index in [9.17, 15) is 9.59 Å². The van der Waals surface area contributed by atoms with E-state index in [1.54, 1.807) is 0 Å². The van der Waals surface area contributed by atoms with Crippen LogP contribution >= 0.6 is 0 Å². The van der Waals surface area contributed by atoms with Crippen LogP contribution in [-0.2, 0) is 14.3 Å². The van der Waals surface area contributed by atoms with Crippen molar-refractivity contribution in [2.75, 3.05) is 14.2 Å². The molecule has 0 aromatic heterocycles. The summed E-state index contributed by atoms with van der Waals surface area (Å²) >= 11 is 0. The zero-order chi connectivity index (χ0) is 14.3. The smallest absolute Gasteiger partial charge is 0.305 e. The molecule has 4 nitrogen and oxygen atoms in total. The van der Waals surface area contributed by atoms with Crippen LogP contribution in [0.1, 0.15) is 58.3 Å². The minimum atomic E-state index is -0.115. The van der Waals surface area contributed by atoms with Crippen LogP contribution < -0.4 is 0 Å². The maximum absolute atomic E-state index is 12.0. The van der Waals surface area contributed by atoms with E-state index >= 15 is 0 Å². The third kappa shape index (κ3) is 5.21. The number of hydrogen-bond donors (Lipinski definition) is 0. The number of carbonyl (C=O) groups is 2. The van der Waals surface area contributed by atoms with Crippen LogP contribution in [0.15, 0.2) is 0 Å². The van der Waals surface area contributed by atoms with Gasteiger partial charge in [-0.05, 0) is 38.0 Å². The van der Waals surface area contributed by atoms with Gasteiger partial charge in [0.1, 0.15) is 0 Å². The fourth-order valence-electron chi connectivity index (χ4n) is 2.76. The van der Waals surface area contributed by atoms with Gasteiger partial charge in [0.25, 0.3) is 0 Å². The molecule has 0 bridgehead atoms. The van der Waals surface area contributed by atoms with Crippen molar-refractivity contribution < 1.29 is 14.3 Å². The average Bonchev–Trinajstić information content (AvgIpc) is 2.44. The molecule has 1 rings (SSSR count). The Morgan fingerprint density at radius 1 is 1.21 bits per heavy atom. The highest BCUT2D eigenvalue weighted by Gasteiger charge is 2.27. The standard InChI is InChI=1S/C15H27NO3/c1-4-5-6-14(17)16(2)13-9-7-12(8-10-13)11-15(18)19-3/h12-13H,4-11H2,1-3H3. The molecule has 0 heterocycles. The van der Waals surface area contributed by atoms with Gasteiger partial charge >= 0.3 is 5.97 Å². The monoisotopic (exact) mass is 269 g/mol. The zero-order valence-electron chi connectivity index (χ0n) is 12.5. The molecule has 1 aliphatic carbocycles. The van der Waals surface area contributed by atoms with Gasteiger partial charge < -0.3 is 9.64 Å². The molecule has 0 aromatic rings. The third-order valence-corrected chi connectivity index (χ3v) is 4.18. The van der Waals surface area contributed by atoms with Crippen LogP contribution in [0.5, 0.6) is 0 Å². The van der Waals surface area contributed by atoms with Crippen molar-refractivity contribution in [1.29, 1.82) is 0 Å². The summed E-state index contributed by atoms with van der Waals surface area (Å²) in [4.78, 5) is 25.1. The SMILES string of the molecule is CCCCC(=O)N(C)C1CCC(CC(=O)OC)CC1. The van der Waals surface area contributed by atoms with Crippen molar-refractivity contribution in [3.63, 3.8) is 0 Å². The van der Waals surface area contributed by atoms with E-state index in [1.807, 2.05) is 11.9 Å². The molecule has 1 fully saturated rings. The van der Waals surface area contributed by atoms with Gasteiger partial charge in [0.05, 0.1) is 7.11 Å². The number of ether oxygens (including phenoxy) is 1. The summed E-state index contributed by atoms with van der Waals surface area (Å²) in [7, 11) is 3.36. The second-order valence-corrected chi connectivity index (χ2v) is 5.56. The Hall–Kier alpha value is -1.06. The van der Waals surface area contributed by atoms with Crippen molar-refractivity contribution in [3.05, 3.63) is 0 Å². The van der Waals surface area contributed by atoms with Gasteiger partial charge in [0.15, 0.2) is 0 Å². The Morgan fingerprint density at radius 3 is 2.37 bits per heavy atom. The molecule has 1 saturated carbocycles. The van der Waals surface area contributed by atoms with E-state index in [0.29, 0.717) is 24.8 Å². The molecule has 0 N–H and O–H groups in total. The largest absolute Gasteiger partial charge is 0.469 e. The first kappa shape index (κ1) is 16.0. The lowest BCUT2D eigenvalue weighted by Gasteiger charge is -2.34. The average molecular weight is 269 g/mol. The van der Waals surface area contributed by atoms with Crippen LogP contribution in [0.4, 0.5) is 0 Å². The topological polar surface area (TPSA) is 46.6 Å². The van der Waals surface area contributed by atoms with Crippen LogP contribution in [-0.4, -0.2) is 37.0 Å². The van der Waals surface area contributed by atoms with Gasteiger partial charge in [-0.3, -0.25) is 9.59 Å². The minimum absolute atomic E-state index is 0.115. The Kier molecular flexibility index (Phi) is 6.89. The number of methoxy groups -OCH3 is 1. The molecule has 19 heavy (non-hydrogen) atoms. The molecule has 1 amide bonds. The molecule has 0 aromatic carbocycles. The Labute approximate surface area is 116 Å². The maximum Gasteiger partial charge on any atom is 0.305 e. The van der Waals surface area contributed by atoms with Gasteiger partial charge in [-0.15, -0.1) is 0 Å². The number of hydrogen-bond acceptors (Lipinski definition) is 3. The maximum atomic E-state index is 12.0. The van der Waals surface area contributed by atoms with Crippen molar-refractivity contribution in [2.24, 2.45) is 5.92 Å². The minimum Gasteiger partial charge on any atom is -0.469 e. The molecule has 0 radical (unpaired) electrons. The van der Waals surface area contributed by atoms with E-state index < -0.39 is 0 Å². The molecule has 4 heteroatoms. The summed E-state index contributed by atoms with van der Waals surface area (Å²) in [6.07, 6.45) is 7.28. The van der Waals surface area contributed by atoms with Crippen LogP contribution in [0.2, 0.25) is 0 Å². The molecule has 0 spiro atoms. The van der Waals surface area contributed by atoms with Crippen LogP contribution in [0.3, 0.4) is 0 Å². The second-order valence-electron chi connectivity index (χ2n) is 5.56. The number of amides is 1. The van der Waals surface area contributed by atoms with Crippen molar-refractivity contribution >= 4 is 11.9 Å². The van der Waals surface area contributed by atoms with Gasteiger partial charge in [-0.2, -0.15) is 0 Å². The summed E-state index contributed by atoms with van der Waals surface area (Å²) in [6.45, 7) is 2.10. The molecule has 1 aliphatic rings. The highest BCUT2D eigenvalue weighted by molar-refractivity contribution is 5.76. The first-order valence-corrected chi connectivity index (χ1v) is 7.41. The normalized spacial score (nSPS) is 22.9. The molecule has 0 unspecified atom stereocenters. The quantitative estimate of drug-likeness (QED) is 0.697. The first-order valence-electron chi connectivity index (χ1n) is 7.41. The van der Waals surface area contributed by atoms with Gasteiger partial charge in [-0.1, -0.05) is 13.3 Å². The number of carbonyl (C=O) groups excluding carboxylic acids is 2. The van der Waals surface area contributed by atoms with Crippen molar-refractivity contribution in [1.82, 2.24) is 4.90 Å². The zero-order valence-corrected chi connectivity index (χ0v) is 12.5. The van der Waals surface area contributed by atoms with E-state index in [4.69, 9.17) is 4.74 Å². The summed E-state index contributed by atoms with van der Waals surface area (Å²) in [5.41, 5.74) is 0. The number of esters is 1. The Balaban J connectivity index is 2.32. The number of unbranched alkanes of at least 4 members (excludes halogenated alkanes) is 1. The fourth-order valence-corrected chi connectivity index (χ4v) is 2.76. The number of rotatable bonds is 6. The van der Waals surface area contributed by atoms with Gasteiger partial charge in [0, 0.05) is 25.9 Å². The lowest BCUT2D eigenvalue weighted by atomic mass is 9.83.